The molecule has 2 aliphatic heterocycles. The minimum atomic E-state index is -1.11. The average Bonchev–Trinajstić information content (AvgIpc) is 2.73. The van der Waals surface area contributed by atoms with Gasteiger partial charge in [-0.15, -0.1) is 0 Å². The minimum absolute atomic E-state index is 0.0215. The van der Waals surface area contributed by atoms with E-state index < -0.39 is 5.41 Å². The van der Waals surface area contributed by atoms with Crippen molar-refractivity contribution in [1.82, 2.24) is 19.7 Å². The van der Waals surface area contributed by atoms with Gasteiger partial charge < -0.3 is 19.6 Å². The van der Waals surface area contributed by atoms with E-state index in [1.54, 1.807) is 34.7 Å². The first-order valence-electron chi connectivity index (χ1n) is 9.81. The summed E-state index contributed by atoms with van der Waals surface area (Å²) < 4.78 is 0. The lowest BCUT2D eigenvalue weighted by Gasteiger charge is -2.41. The van der Waals surface area contributed by atoms with Crippen molar-refractivity contribution in [3.63, 3.8) is 0 Å². The van der Waals surface area contributed by atoms with E-state index in [9.17, 15) is 14.4 Å². The second-order valence-electron chi connectivity index (χ2n) is 7.89. The van der Waals surface area contributed by atoms with Gasteiger partial charge in [-0.2, -0.15) is 0 Å². The summed E-state index contributed by atoms with van der Waals surface area (Å²) in [6.45, 7) is 9.49. The molecule has 3 heterocycles. The van der Waals surface area contributed by atoms with Crippen LogP contribution in [0.1, 0.15) is 20.8 Å². The van der Waals surface area contributed by atoms with Crippen LogP contribution in [0.4, 0.5) is 5.82 Å². The van der Waals surface area contributed by atoms with Gasteiger partial charge in [-0.05, 0) is 26.0 Å². The third-order valence-electron chi connectivity index (χ3n) is 5.62. The van der Waals surface area contributed by atoms with Crippen molar-refractivity contribution in [2.45, 2.75) is 20.8 Å². The van der Waals surface area contributed by atoms with E-state index in [-0.39, 0.29) is 17.7 Å². The summed E-state index contributed by atoms with van der Waals surface area (Å²) in [5, 5.41) is 0. The second-order valence-corrected chi connectivity index (χ2v) is 7.89. The summed E-state index contributed by atoms with van der Waals surface area (Å²) in [6, 6.07) is 5.80. The highest BCUT2D eigenvalue weighted by molar-refractivity contribution is 6.04. The highest BCUT2D eigenvalue weighted by Gasteiger charge is 2.43. The Labute approximate surface area is 166 Å². The average molecular weight is 387 g/mol. The fourth-order valence-electron chi connectivity index (χ4n) is 3.79. The smallest absolute Gasteiger partial charge is 0.237 e. The number of rotatable bonds is 3. The molecule has 1 aromatic rings. The van der Waals surface area contributed by atoms with Crippen LogP contribution in [0.15, 0.2) is 24.4 Å². The molecule has 28 heavy (non-hydrogen) atoms. The van der Waals surface area contributed by atoms with Crippen molar-refractivity contribution in [3.8, 4) is 0 Å². The lowest BCUT2D eigenvalue weighted by atomic mass is 9.89. The molecule has 0 radical (unpaired) electrons. The van der Waals surface area contributed by atoms with Crippen LogP contribution in [0.3, 0.4) is 0 Å². The van der Waals surface area contributed by atoms with Crippen molar-refractivity contribution in [1.29, 1.82) is 0 Å². The Morgan fingerprint density at radius 1 is 0.821 bits per heavy atom. The van der Waals surface area contributed by atoms with Gasteiger partial charge in [0.1, 0.15) is 11.2 Å². The maximum atomic E-state index is 13.1. The van der Waals surface area contributed by atoms with E-state index in [0.29, 0.717) is 52.4 Å². The van der Waals surface area contributed by atoms with Gasteiger partial charge in [0.2, 0.25) is 17.7 Å². The number of anilines is 1. The zero-order valence-corrected chi connectivity index (χ0v) is 16.9. The van der Waals surface area contributed by atoms with Crippen molar-refractivity contribution >= 4 is 23.5 Å². The van der Waals surface area contributed by atoms with Crippen LogP contribution in [0.25, 0.3) is 0 Å². The predicted molar refractivity (Wildman–Crippen MR) is 106 cm³/mol. The first kappa shape index (κ1) is 20.1. The molecule has 0 atom stereocenters. The van der Waals surface area contributed by atoms with Gasteiger partial charge in [-0.3, -0.25) is 14.4 Å². The molecule has 0 N–H and O–H groups in total. The summed E-state index contributed by atoms with van der Waals surface area (Å²) in [5.41, 5.74) is -1.11. The normalized spacial score (nSPS) is 18.2. The zero-order valence-electron chi connectivity index (χ0n) is 16.9. The first-order chi connectivity index (χ1) is 13.3. The Kier molecular flexibility index (Phi) is 5.86. The molecule has 152 valence electrons. The molecular weight excluding hydrogens is 358 g/mol. The van der Waals surface area contributed by atoms with Crippen molar-refractivity contribution in [3.05, 3.63) is 24.4 Å². The molecule has 2 fully saturated rings. The molecule has 8 heteroatoms. The van der Waals surface area contributed by atoms with E-state index in [0.717, 1.165) is 5.82 Å². The van der Waals surface area contributed by atoms with Crippen LogP contribution in [0.2, 0.25) is 0 Å². The monoisotopic (exact) mass is 387 g/mol. The number of pyridine rings is 1. The Morgan fingerprint density at radius 3 is 1.79 bits per heavy atom. The van der Waals surface area contributed by atoms with Gasteiger partial charge in [-0.25, -0.2) is 4.98 Å². The lowest BCUT2D eigenvalue weighted by Crippen LogP contribution is -2.58. The van der Waals surface area contributed by atoms with Crippen molar-refractivity contribution in [2.24, 2.45) is 5.41 Å². The van der Waals surface area contributed by atoms with E-state index in [1.165, 1.54) is 6.92 Å². The quantitative estimate of drug-likeness (QED) is 0.704. The molecule has 8 nitrogen and oxygen atoms in total. The topological polar surface area (TPSA) is 77.1 Å². The second kappa shape index (κ2) is 8.16. The Bertz CT molecular complexity index is 721. The molecule has 2 aliphatic rings. The van der Waals surface area contributed by atoms with Gasteiger partial charge in [-0.1, -0.05) is 6.07 Å². The van der Waals surface area contributed by atoms with Crippen LogP contribution in [-0.2, 0) is 14.4 Å². The summed E-state index contributed by atoms with van der Waals surface area (Å²) in [7, 11) is 0. The SMILES string of the molecule is CC(=O)N1CCN(C(=O)C(C)(C)C(=O)N2CCN(c3ccccn3)CC2)CC1. The van der Waals surface area contributed by atoms with E-state index in [2.05, 4.69) is 9.88 Å². The molecule has 1 aromatic heterocycles. The molecule has 0 unspecified atom stereocenters. The maximum absolute atomic E-state index is 13.1. The number of hydrogen-bond donors (Lipinski definition) is 0. The van der Waals surface area contributed by atoms with Gasteiger partial charge in [0.25, 0.3) is 0 Å². The van der Waals surface area contributed by atoms with Crippen molar-refractivity contribution in [2.75, 3.05) is 57.3 Å². The highest BCUT2D eigenvalue weighted by Crippen LogP contribution is 2.25. The number of amides is 3. The summed E-state index contributed by atoms with van der Waals surface area (Å²) in [5.74, 6) is 0.640. The molecular formula is C20H29N5O3. The minimum Gasteiger partial charge on any atom is -0.353 e. The maximum Gasteiger partial charge on any atom is 0.237 e. The van der Waals surface area contributed by atoms with Gasteiger partial charge in [0.05, 0.1) is 0 Å². The van der Waals surface area contributed by atoms with Crippen LogP contribution >= 0.6 is 0 Å². The third kappa shape index (κ3) is 4.10. The molecule has 0 saturated carbocycles. The molecule has 0 spiro atoms. The number of carbonyl (C=O) groups is 3. The zero-order chi connectivity index (χ0) is 20.3. The van der Waals surface area contributed by atoms with Crippen LogP contribution in [0, 0.1) is 5.41 Å². The van der Waals surface area contributed by atoms with Crippen LogP contribution in [0.5, 0.6) is 0 Å². The van der Waals surface area contributed by atoms with Gasteiger partial charge in [0.15, 0.2) is 0 Å². The molecule has 3 amide bonds. The van der Waals surface area contributed by atoms with Crippen LogP contribution < -0.4 is 4.90 Å². The first-order valence-corrected chi connectivity index (χ1v) is 9.81. The van der Waals surface area contributed by atoms with Crippen molar-refractivity contribution < 1.29 is 14.4 Å². The number of hydrogen-bond acceptors (Lipinski definition) is 5. The molecule has 2 saturated heterocycles. The number of piperazine rings is 2. The van der Waals surface area contributed by atoms with Crippen LogP contribution in [-0.4, -0.2) is 89.8 Å². The molecule has 0 bridgehead atoms. The third-order valence-corrected chi connectivity index (χ3v) is 5.62. The largest absolute Gasteiger partial charge is 0.353 e. The lowest BCUT2D eigenvalue weighted by molar-refractivity contribution is -0.156. The van der Waals surface area contributed by atoms with E-state index in [4.69, 9.17) is 0 Å². The number of aromatic nitrogens is 1. The summed E-state index contributed by atoms with van der Waals surface area (Å²) >= 11 is 0. The Hall–Kier alpha value is -2.64. The van der Waals surface area contributed by atoms with Gasteiger partial charge >= 0.3 is 0 Å². The van der Waals surface area contributed by atoms with Gasteiger partial charge in [0, 0.05) is 65.5 Å². The number of nitrogens with zero attached hydrogens (tertiary/aromatic N) is 5. The fraction of sp³-hybridized carbons (Fsp3) is 0.600. The van der Waals surface area contributed by atoms with E-state index >= 15 is 0 Å². The Morgan fingerprint density at radius 2 is 1.32 bits per heavy atom. The molecule has 3 rings (SSSR count). The highest BCUT2D eigenvalue weighted by atomic mass is 16.2. The molecule has 0 aromatic carbocycles. The fourth-order valence-corrected chi connectivity index (χ4v) is 3.79. The molecule has 0 aliphatic carbocycles. The predicted octanol–water partition coefficient (Wildman–Crippen LogP) is 0.447. The standard InChI is InChI=1S/C20H29N5O3/c1-16(26)22-8-12-24(13-9-22)18(27)20(2,3)19(28)25-14-10-23(11-15-25)17-6-4-5-7-21-17/h4-7H,8-15H2,1-3H3. The summed E-state index contributed by atoms with van der Waals surface area (Å²) in [6.07, 6.45) is 1.76. The van der Waals surface area contributed by atoms with E-state index in [1.807, 2.05) is 18.2 Å². The summed E-state index contributed by atoms with van der Waals surface area (Å²) in [4.78, 5) is 49.3. The Balaban J connectivity index is 1.57. The number of carbonyl (C=O) groups excluding carboxylic acids is 3.